The van der Waals surface area contributed by atoms with E-state index in [1.54, 1.807) is 18.2 Å². The number of H-pyrrole nitrogens is 1. The second-order valence-electron chi connectivity index (χ2n) is 6.43. The summed E-state index contributed by atoms with van der Waals surface area (Å²) in [5.74, 6) is 0. The summed E-state index contributed by atoms with van der Waals surface area (Å²) in [4.78, 5) is 2.63. The van der Waals surface area contributed by atoms with Gasteiger partial charge in [-0.25, -0.2) is 8.42 Å². The normalized spacial score (nSPS) is 17.3. The van der Waals surface area contributed by atoms with Gasteiger partial charge in [-0.05, 0) is 26.3 Å². The highest BCUT2D eigenvalue weighted by Gasteiger charge is 2.32. The molecule has 1 aliphatic rings. The molecule has 0 aliphatic carbocycles. The highest BCUT2D eigenvalue weighted by Crippen LogP contribution is 2.23. The molecule has 2 heterocycles. The average molecular weight is 348 g/mol. The number of benzene rings is 1. The van der Waals surface area contributed by atoms with E-state index in [0.717, 1.165) is 19.6 Å². The maximum atomic E-state index is 12.8. The van der Waals surface area contributed by atoms with Crippen LogP contribution in [0.3, 0.4) is 0 Å². The first-order valence-electron chi connectivity index (χ1n) is 8.17. The maximum Gasteiger partial charge on any atom is 0.246 e. The molecule has 0 amide bonds. The van der Waals surface area contributed by atoms with Gasteiger partial charge in [0.2, 0.25) is 10.0 Å². The number of aromatic amines is 1. The zero-order chi connectivity index (χ0) is 17.3. The molecule has 1 aromatic heterocycles. The molecular weight excluding hydrogens is 324 g/mol. The molecule has 24 heavy (non-hydrogen) atoms. The van der Waals surface area contributed by atoms with Crippen molar-refractivity contribution in [2.24, 2.45) is 0 Å². The summed E-state index contributed by atoms with van der Waals surface area (Å²) in [6.45, 7) is 8.92. The number of aryl methyl sites for hydroxylation is 3. The van der Waals surface area contributed by atoms with Gasteiger partial charge in [-0.2, -0.15) is 9.40 Å². The van der Waals surface area contributed by atoms with Crippen LogP contribution < -0.4 is 0 Å². The predicted octanol–water partition coefficient (Wildman–Crippen LogP) is 1.84. The molecule has 2 aromatic rings. The largest absolute Gasteiger partial charge is 0.296 e. The zero-order valence-electron chi connectivity index (χ0n) is 14.4. The van der Waals surface area contributed by atoms with Gasteiger partial charge in [0, 0.05) is 32.7 Å². The van der Waals surface area contributed by atoms with Crippen molar-refractivity contribution in [1.29, 1.82) is 0 Å². The van der Waals surface area contributed by atoms with Crippen LogP contribution in [0.15, 0.2) is 29.2 Å². The standard InChI is InChI=1S/C17H24N4O2S/c1-13-4-6-16(7-5-13)12-20-8-10-21(11-9-20)24(22,23)17-14(2)18-19-15(17)3/h4-7H,8-12H2,1-3H3,(H,18,19). The number of rotatable bonds is 4. The van der Waals surface area contributed by atoms with Gasteiger partial charge in [0.15, 0.2) is 0 Å². The van der Waals surface area contributed by atoms with E-state index in [0.29, 0.717) is 29.4 Å². The molecule has 0 unspecified atom stereocenters. The van der Waals surface area contributed by atoms with E-state index in [1.807, 2.05) is 0 Å². The highest BCUT2D eigenvalue weighted by molar-refractivity contribution is 7.89. The molecule has 0 radical (unpaired) electrons. The van der Waals surface area contributed by atoms with E-state index in [2.05, 4.69) is 46.3 Å². The lowest BCUT2D eigenvalue weighted by Gasteiger charge is -2.34. The fraction of sp³-hybridized carbons (Fsp3) is 0.471. The maximum absolute atomic E-state index is 12.8. The molecule has 130 valence electrons. The summed E-state index contributed by atoms with van der Waals surface area (Å²) in [7, 11) is -3.47. The van der Waals surface area contributed by atoms with Crippen LogP contribution in [0.1, 0.15) is 22.5 Å². The lowest BCUT2D eigenvalue weighted by molar-refractivity contribution is 0.181. The quantitative estimate of drug-likeness (QED) is 0.915. The average Bonchev–Trinajstić information content (AvgIpc) is 2.89. The van der Waals surface area contributed by atoms with Crippen molar-refractivity contribution in [1.82, 2.24) is 19.4 Å². The first-order chi connectivity index (χ1) is 11.4. The van der Waals surface area contributed by atoms with Gasteiger partial charge in [-0.1, -0.05) is 29.8 Å². The Morgan fingerprint density at radius 2 is 1.67 bits per heavy atom. The molecule has 0 atom stereocenters. The fourth-order valence-corrected chi connectivity index (χ4v) is 4.88. The summed E-state index contributed by atoms with van der Waals surface area (Å²) < 4.78 is 27.3. The molecule has 6 nitrogen and oxygen atoms in total. The second-order valence-corrected chi connectivity index (χ2v) is 8.30. The van der Waals surface area contributed by atoms with Gasteiger partial charge >= 0.3 is 0 Å². The Morgan fingerprint density at radius 1 is 1.04 bits per heavy atom. The smallest absolute Gasteiger partial charge is 0.246 e. The Hall–Kier alpha value is -1.70. The van der Waals surface area contributed by atoms with Crippen molar-refractivity contribution >= 4 is 10.0 Å². The molecule has 1 aromatic carbocycles. The van der Waals surface area contributed by atoms with Gasteiger partial charge in [0.05, 0.1) is 11.4 Å². The van der Waals surface area contributed by atoms with Crippen LogP contribution in [0, 0.1) is 20.8 Å². The van der Waals surface area contributed by atoms with Crippen LogP contribution in [0.4, 0.5) is 0 Å². The van der Waals surface area contributed by atoms with Gasteiger partial charge in [0.25, 0.3) is 0 Å². The number of piperazine rings is 1. The van der Waals surface area contributed by atoms with E-state index in [4.69, 9.17) is 0 Å². The number of hydrogen-bond donors (Lipinski definition) is 1. The minimum atomic E-state index is -3.47. The molecule has 3 rings (SSSR count). The SMILES string of the molecule is Cc1ccc(CN2CCN(S(=O)(=O)c3c(C)n[nH]c3C)CC2)cc1. The summed E-state index contributed by atoms with van der Waals surface area (Å²) in [6.07, 6.45) is 0. The van der Waals surface area contributed by atoms with Crippen molar-refractivity contribution in [3.8, 4) is 0 Å². The summed E-state index contributed by atoms with van der Waals surface area (Å²) in [5.41, 5.74) is 3.66. The van der Waals surface area contributed by atoms with Crippen LogP contribution in [0.5, 0.6) is 0 Å². The van der Waals surface area contributed by atoms with Gasteiger partial charge in [-0.15, -0.1) is 0 Å². The van der Waals surface area contributed by atoms with Crippen molar-refractivity contribution < 1.29 is 8.42 Å². The minimum absolute atomic E-state index is 0.328. The topological polar surface area (TPSA) is 69.3 Å². The Balaban J connectivity index is 1.65. The number of sulfonamides is 1. The molecule has 1 N–H and O–H groups in total. The lowest BCUT2D eigenvalue weighted by atomic mass is 10.1. The lowest BCUT2D eigenvalue weighted by Crippen LogP contribution is -2.48. The number of nitrogens with zero attached hydrogens (tertiary/aromatic N) is 3. The first-order valence-corrected chi connectivity index (χ1v) is 9.61. The third kappa shape index (κ3) is 3.38. The van der Waals surface area contributed by atoms with Gasteiger partial charge < -0.3 is 0 Å². The van der Waals surface area contributed by atoms with Crippen LogP contribution >= 0.6 is 0 Å². The summed E-state index contributed by atoms with van der Waals surface area (Å²) in [6, 6.07) is 8.49. The van der Waals surface area contributed by atoms with E-state index in [1.165, 1.54) is 11.1 Å². The Kier molecular flexibility index (Phi) is 4.76. The Labute approximate surface area is 143 Å². The molecule has 7 heteroatoms. The number of nitrogens with one attached hydrogen (secondary N) is 1. The molecular formula is C17H24N4O2S. The zero-order valence-corrected chi connectivity index (χ0v) is 15.2. The van der Waals surface area contributed by atoms with E-state index < -0.39 is 10.0 Å². The number of aromatic nitrogens is 2. The Morgan fingerprint density at radius 3 is 2.21 bits per heavy atom. The monoisotopic (exact) mass is 348 g/mol. The van der Waals surface area contributed by atoms with Crippen LogP contribution in [-0.2, 0) is 16.6 Å². The molecule has 0 saturated carbocycles. The third-order valence-corrected chi connectivity index (χ3v) is 6.68. The first kappa shape index (κ1) is 17.1. The Bertz CT molecular complexity index is 784. The minimum Gasteiger partial charge on any atom is -0.296 e. The highest BCUT2D eigenvalue weighted by atomic mass is 32.2. The van der Waals surface area contributed by atoms with Crippen molar-refractivity contribution in [2.75, 3.05) is 26.2 Å². The number of hydrogen-bond acceptors (Lipinski definition) is 4. The predicted molar refractivity (Wildman–Crippen MR) is 93.3 cm³/mol. The van der Waals surface area contributed by atoms with Crippen LogP contribution in [0.25, 0.3) is 0 Å². The molecule has 1 saturated heterocycles. The van der Waals surface area contributed by atoms with Gasteiger partial charge in [0.1, 0.15) is 4.90 Å². The molecule has 1 aliphatic heterocycles. The molecule has 0 bridgehead atoms. The molecule has 1 fully saturated rings. The molecule has 0 spiro atoms. The van der Waals surface area contributed by atoms with Crippen molar-refractivity contribution in [3.05, 3.63) is 46.8 Å². The van der Waals surface area contributed by atoms with Crippen LogP contribution in [-0.4, -0.2) is 54.0 Å². The van der Waals surface area contributed by atoms with E-state index in [-0.39, 0.29) is 0 Å². The van der Waals surface area contributed by atoms with Crippen molar-refractivity contribution in [3.63, 3.8) is 0 Å². The van der Waals surface area contributed by atoms with Crippen molar-refractivity contribution in [2.45, 2.75) is 32.2 Å². The van der Waals surface area contributed by atoms with Gasteiger partial charge in [-0.3, -0.25) is 10.00 Å². The summed E-state index contributed by atoms with van der Waals surface area (Å²) in [5, 5.41) is 6.78. The third-order valence-electron chi connectivity index (χ3n) is 4.52. The summed E-state index contributed by atoms with van der Waals surface area (Å²) >= 11 is 0. The van der Waals surface area contributed by atoms with Crippen LogP contribution in [0.2, 0.25) is 0 Å². The second kappa shape index (κ2) is 6.66. The fourth-order valence-electron chi connectivity index (χ4n) is 3.13. The van der Waals surface area contributed by atoms with E-state index in [9.17, 15) is 8.42 Å². The van der Waals surface area contributed by atoms with E-state index >= 15 is 0 Å².